The van der Waals surface area contributed by atoms with Gasteiger partial charge in [0.2, 0.25) is 5.91 Å². The number of hydrogen-bond donors (Lipinski definition) is 2. The van der Waals surface area contributed by atoms with E-state index in [-0.39, 0.29) is 18.3 Å². The molecule has 24 heavy (non-hydrogen) atoms. The van der Waals surface area contributed by atoms with Crippen molar-refractivity contribution >= 4 is 41.5 Å². The van der Waals surface area contributed by atoms with Crippen molar-refractivity contribution in [3.8, 4) is 0 Å². The molecule has 1 saturated heterocycles. The van der Waals surface area contributed by atoms with Crippen LogP contribution in [0, 0.1) is 0 Å². The first-order valence-corrected chi connectivity index (χ1v) is 9.04. The number of hydrogen-bond acceptors (Lipinski definition) is 3. The SMILES string of the molecule is Cl.O=C(NCCN1CCNCC1)C1(c2ccc(Cl)c(Cl)c2)CCC1. The summed E-state index contributed by atoms with van der Waals surface area (Å²) in [5, 5.41) is 7.51. The molecule has 2 N–H and O–H groups in total. The zero-order valence-electron chi connectivity index (χ0n) is 13.6. The van der Waals surface area contributed by atoms with Gasteiger partial charge in [0.1, 0.15) is 0 Å². The van der Waals surface area contributed by atoms with Gasteiger partial charge in [0.05, 0.1) is 15.5 Å². The molecule has 4 nitrogen and oxygen atoms in total. The average molecular weight is 393 g/mol. The fraction of sp³-hybridized carbons (Fsp3) is 0.588. The Hall–Kier alpha value is -0.520. The van der Waals surface area contributed by atoms with Crippen LogP contribution in [0.1, 0.15) is 24.8 Å². The van der Waals surface area contributed by atoms with E-state index in [1.807, 2.05) is 12.1 Å². The number of carbonyl (C=O) groups excluding carboxylic acids is 1. The Balaban J connectivity index is 0.00000208. The van der Waals surface area contributed by atoms with Crippen LogP contribution in [0.15, 0.2) is 18.2 Å². The first-order chi connectivity index (χ1) is 11.1. The fourth-order valence-electron chi connectivity index (χ4n) is 3.40. The quantitative estimate of drug-likeness (QED) is 0.810. The van der Waals surface area contributed by atoms with Crippen LogP contribution in [-0.2, 0) is 10.2 Å². The normalized spacial score (nSPS) is 19.9. The van der Waals surface area contributed by atoms with E-state index in [1.54, 1.807) is 6.07 Å². The molecule has 2 aliphatic rings. The predicted octanol–water partition coefficient (Wildman–Crippen LogP) is 2.86. The summed E-state index contributed by atoms with van der Waals surface area (Å²) in [6.45, 7) is 5.76. The topological polar surface area (TPSA) is 44.4 Å². The zero-order chi connectivity index (χ0) is 16.3. The van der Waals surface area contributed by atoms with Crippen molar-refractivity contribution in [2.75, 3.05) is 39.3 Å². The molecule has 1 heterocycles. The van der Waals surface area contributed by atoms with E-state index in [9.17, 15) is 4.79 Å². The molecule has 1 saturated carbocycles. The minimum absolute atomic E-state index is 0. The summed E-state index contributed by atoms with van der Waals surface area (Å²) >= 11 is 12.1. The van der Waals surface area contributed by atoms with Gasteiger partial charge in [-0.05, 0) is 30.5 Å². The van der Waals surface area contributed by atoms with E-state index in [0.29, 0.717) is 16.6 Å². The van der Waals surface area contributed by atoms with Gasteiger partial charge in [-0.2, -0.15) is 0 Å². The third-order valence-electron chi connectivity index (χ3n) is 5.04. The minimum atomic E-state index is -0.419. The highest BCUT2D eigenvalue weighted by Crippen LogP contribution is 2.45. The number of nitrogens with zero attached hydrogens (tertiary/aromatic N) is 1. The second-order valence-corrected chi connectivity index (χ2v) is 7.23. The molecule has 1 aromatic rings. The lowest BCUT2D eigenvalue weighted by atomic mass is 9.64. The molecule has 7 heteroatoms. The van der Waals surface area contributed by atoms with E-state index in [1.165, 1.54) is 0 Å². The van der Waals surface area contributed by atoms with Crippen molar-refractivity contribution in [1.82, 2.24) is 15.5 Å². The molecule has 1 aliphatic heterocycles. The van der Waals surface area contributed by atoms with Crippen LogP contribution in [0.25, 0.3) is 0 Å². The van der Waals surface area contributed by atoms with Crippen molar-refractivity contribution in [1.29, 1.82) is 0 Å². The van der Waals surface area contributed by atoms with E-state index in [0.717, 1.165) is 57.5 Å². The molecule has 0 bridgehead atoms. The molecule has 1 aromatic carbocycles. The summed E-state index contributed by atoms with van der Waals surface area (Å²) < 4.78 is 0. The van der Waals surface area contributed by atoms with Crippen LogP contribution in [0.5, 0.6) is 0 Å². The van der Waals surface area contributed by atoms with Gasteiger partial charge in [0.25, 0.3) is 0 Å². The number of nitrogens with one attached hydrogen (secondary N) is 2. The van der Waals surface area contributed by atoms with Crippen LogP contribution >= 0.6 is 35.6 Å². The maximum atomic E-state index is 12.8. The molecule has 1 amide bonds. The van der Waals surface area contributed by atoms with Gasteiger partial charge in [0, 0.05) is 39.3 Å². The molecule has 0 unspecified atom stereocenters. The number of halogens is 3. The van der Waals surface area contributed by atoms with Gasteiger partial charge < -0.3 is 10.6 Å². The molecule has 1 aliphatic carbocycles. The number of piperazine rings is 1. The molecule has 2 fully saturated rings. The van der Waals surface area contributed by atoms with E-state index >= 15 is 0 Å². The first-order valence-electron chi connectivity index (χ1n) is 8.29. The third kappa shape index (κ3) is 4.17. The summed E-state index contributed by atoms with van der Waals surface area (Å²) in [5.74, 6) is 0.122. The van der Waals surface area contributed by atoms with Gasteiger partial charge in [-0.25, -0.2) is 0 Å². The van der Waals surface area contributed by atoms with Crippen LogP contribution in [0.4, 0.5) is 0 Å². The van der Waals surface area contributed by atoms with Gasteiger partial charge in [-0.1, -0.05) is 35.7 Å². The maximum Gasteiger partial charge on any atom is 0.230 e. The van der Waals surface area contributed by atoms with Crippen LogP contribution in [0.3, 0.4) is 0 Å². The molecule has 0 spiro atoms. The Morgan fingerprint density at radius 2 is 1.92 bits per heavy atom. The molecule has 0 radical (unpaired) electrons. The van der Waals surface area contributed by atoms with Crippen molar-refractivity contribution < 1.29 is 4.79 Å². The average Bonchev–Trinajstić information content (AvgIpc) is 2.51. The lowest BCUT2D eigenvalue weighted by Gasteiger charge is -2.41. The largest absolute Gasteiger partial charge is 0.354 e. The second-order valence-electron chi connectivity index (χ2n) is 6.41. The van der Waals surface area contributed by atoms with Crippen molar-refractivity contribution in [3.05, 3.63) is 33.8 Å². The molecular weight excluding hydrogens is 369 g/mol. The van der Waals surface area contributed by atoms with Gasteiger partial charge >= 0.3 is 0 Å². The molecule has 0 aromatic heterocycles. The zero-order valence-corrected chi connectivity index (χ0v) is 15.9. The van der Waals surface area contributed by atoms with Crippen LogP contribution < -0.4 is 10.6 Å². The number of rotatable bonds is 5. The van der Waals surface area contributed by atoms with Gasteiger partial charge in [0.15, 0.2) is 0 Å². The third-order valence-corrected chi connectivity index (χ3v) is 5.78. The Kier molecular flexibility index (Phi) is 7.20. The Morgan fingerprint density at radius 1 is 1.21 bits per heavy atom. The number of amides is 1. The van der Waals surface area contributed by atoms with Crippen molar-refractivity contribution in [2.45, 2.75) is 24.7 Å². The lowest BCUT2D eigenvalue weighted by Crippen LogP contribution is -2.51. The van der Waals surface area contributed by atoms with Gasteiger partial charge in [-0.3, -0.25) is 9.69 Å². The van der Waals surface area contributed by atoms with Crippen LogP contribution in [-0.4, -0.2) is 50.1 Å². The summed E-state index contributed by atoms with van der Waals surface area (Å²) in [6.07, 6.45) is 2.83. The summed E-state index contributed by atoms with van der Waals surface area (Å²) in [4.78, 5) is 15.1. The van der Waals surface area contributed by atoms with E-state index in [4.69, 9.17) is 23.2 Å². The summed E-state index contributed by atoms with van der Waals surface area (Å²) in [6, 6.07) is 5.56. The van der Waals surface area contributed by atoms with Crippen molar-refractivity contribution in [3.63, 3.8) is 0 Å². The van der Waals surface area contributed by atoms with Crippen molar-refractivity contribution in [2.24, 2.45) is 0 Å². The van der Waals surface area contributed by atoms with Crippen LogP contribution in [0.2, 0.25) is 10.0 Å². The highest BCUT2D eigenvalue weighted by atomic mass is 35.5. The predicted molar refractivity (Wildman–Crippen MR) is 102 cm³/mol. The molecule has 0 atom stereocenters. The number of carbonyl (C=O) groups is 1. The van der Waals surface area contributed by atoms with E-state index in [2.05, 4.69) is 15.5 Å². The smallest absolute Gasteiger partial charge is 0.230 e. The maximum absolute atomic E-state index is 12.8. The summed E-state index contributed by atoms with van der Waals surface area (Å²) in [7, 11) is 0. The lowest BCUT2D eigenvalue weighted by molar-refractivity contribution is -0.130. The standard InChI is InChI=1S/C17H23Cl2N3O.ClH/c18-14-3-2-13(12-15(14)19)17(4-1-5-17)16(23)21-8-11-22-9-6-20-7-10-22;/h2-3,12,20H,1,4-11H2,(H,21,23);1H. The Bertz CT molecular complexity index is 572. The number of benzene rings is 1. The minimum Gasteiger partial charge on any atom is -0.354 e. The highest BCUT2D eigenvalue weighted by molar-refractivity contribution is 6.42. The molecule has 134 valence electrons. The van der Waals surface area contributed by atoms with E-state index < -0.39 is 5.41 Å². The fourth-order valence-corrected chi connectivity index (χ4v) is 3.70. The Morgan fingerprint density at radius 3 is 2.50 bits per heavy atom. The summed E-state index contributed by atoms with van der Waals surface area (Å²) in [5.41, 5.74) is 0.565. The highest BCUT2D eigenvalue weighted by Gasteiger charge is 2.45. The second kappa shape index (κ2) is 8.72. The van der Waals surface area contributed by atoms with Gasteiger partial charge in [-0.15, -0.1) is 12.4 Å². The first kappa shape index (κ1) is 19.8. The monoisotopic (exact) mass is 391 g/mol. The molecular formula is C17H24Cl3N3O. The Labute approximate surface area is 159 Å². The molecule has 3 rings (SSSR count).